The van der Waals surface area contributed by atoms with Gasteiger partial charge in [0.1, 0.15) is 5.82 Å². The number of carbonyl (C=O) groups excluding carboxylic acids is 1. The molecule has 1 saturated heterocycles. The number of anilines is 1. The van der Waals surface area contributed by atoms with Crippen LogP contribution in [0.1, 0.15) is 36.9 Å². The summed E-state index contributed by atoms with van der Waals surface area (Å²) < 4.78 is 20.1. The van der Waals surface area contributed by atoms with Crippen molar-refractivity contribution in [2.24, 2.45) is 5.92 Å². The van der Waals surface area contributed by atoms with Crippen LogP contribution in [0.25, 0.3) is 11.5 Å². The third kappa shape index (κ3) is 4.95. The van der Waals surface area contributed by atoms with E-state index >= 15 is 0 Å². The fraction of sp³-hybridized carbons (Fsp3) is 0.435. The van der Waals surface area contributed by atoms with Gasteiger partial charge in [0, 0.05) is 42.9 Å². The van der Waals surface area contributed by atoms with E-state index in [1.807, 2.05) is 42.5 Å². The molecule has 0 aliphatic carbocycles. The average molecular weight is 443 g/mol. The lowest BCUT2D eigenvalue weighted by Gasteiger charge is -2.34. The summed E-state index contributed by atoms with van der Waals surface area (Å²) in [6.45, 7) is 3.99. The predicted molar refractivity (Wildman–Crippen MR) is 119 cm³/mol. The topological polar surface area (TPSA) is 62.5 Å². The summed E-state index contributed by atoms with van der Waals surface area (Å²) in [5.41, 5.74) is 1.13. The van der Waals surface area contributed by atoms with Crippen LogP contribution < -0.4 is 4.90 Å². The molecule has 1 aliphatic heterocycles. The second-order valence-corrected chi connectivity index (χ2v) is 9.00. The van der Waals surface area contributed by atoms with Crippen LogP contribution >= 0.6 is 11.3 Å². The molecule has 0 radical (unpaired) electrons. The molecule has 1 aliphatic rings. The van der Waals surface area contributed by atoms with E-state index in [2.05, 4.69) is 10.1 Å². The molecule has 0 spiro atoms. The van der Waals surface area contributed by atoms with E-state index in [9.17, 15) is 9.18 Å². The van der Waals surface area contributed by atoms with Gasteiger partial charge in [-0.25, -0.2) is 4.39 Å². The molecular weight excluding hydrogens is 415 g/mol. The van der Waals surface area contributed by atoms with Crippen LogP contribution in [0, 0.1) is 11.7 Å². The van der Waals surface area contributed by atoms with E-state index in [0.717, 1.165) is 25.7 Å². The van der Waals surface area contributed by atoms with Crippen molar-refractivity contribution in [1.82, 2.24) is 15.0 Å². The van der Waals surface area contributed by atoms with Crippen LogP contribution in [-0.4, -0.2) is 41.1 Å². The van der Waals surface area contributed by atoms with Crippen molar-refractivity contribution < 1.29 is 13.7 Å². The summed E-state index contributed by atoms with van der Waals surface area (Å²) >= 11 is 1.66. The molecule has 0 unspecified atom stereocenters. The van der Waals surface area contributed by atoms with E-state index < -0.39 is 0 Å². The number of aromatic nitrogens is 2. The van der Waals surface area contributed by atoms with Crippen molar-refractivity contribution in [3.8, 4) is 11.5 Å². The van der Waals surface area contributed by atoms with Crippen LogP contribution in [0.3, 0.4) is 0 Å². The van der Waals surface area contributed by atoms with Crippen LogP contribution in [0.2, 0.25) is 0 Å². The summed E-state index contributed by atoms with van der Waals surface area (Å²) in [5, 5.41) is 5.95. The highest BCUT2D eigenvalue weighted by Crippen LogP contribution is 2.30. The van der Waals surface area contributed by atoms with E-state index in [-0.39, 0.29) is 17.6 Å². The molecule has 1 amide bonds. The molecule has 3 aromatic rings. The van der Waals surface area contributed by atoms with Gasteiger partial charge in [-0.05, 0) is 48.9 Å². The number of carbonyl (C=O) groups is 1. The van der Waals surface area contributed by atoms with Crippen molar-refractivity contribution in [2.45, 2.75) is 39.2 Å². The minimum Gasteiger partial charge on any atom is -0.369 e. The third-order valence-corrected chi connectivity index (χ3v) is 6.53. The Hall–Kier alpha value is -2.74. The van der Waals surface area contributed by atoms with Crippen molar-refractivity contribution >= 4 is 22.9 Å². The van der Waals surface area contributed by atoms with Gasteiger partial charge in [-0.2, -0.15) is 4.98 Å². The first-order valence-corrected chi connectivity index (χ1v) is 11.6. The Morgan fingerprint density at radius 3 is 2.81 bits per heavy atom. The zero-order valence-electron chi connectivity index (χ0n) is 17.9. The van der Waals surface area contributed by atoms with Gasteiger partial charge in [0.2, 0.25) is 5.91 Å². The molecule has 2 aromatic heterocycles. The highest BCUT2D eigenvalue weighted by atomic mass is 32.1. The second kappa shape index (κ2) is 9.60. The number of aryl methyl sites for hydroxylation is 1. The van der Waals surface area contributed by atoms with E-state index in [4.69, 9.17) is 4.52 Å². The molecule has 31 heavy (non-hydrogen) atoms. The molecule has 0 N–H and O–H groups in total. The highest BCUT2D eigenvalue weighted by Gasteiger charge is 2.28. The number of rotatable bonds is 7. The van der Waals surface area contributed by atoms with Crippen molar-refractivity contribution in [1.29, 1.82) is 0 Å². The van der Waals surface area contributed by atoms with Crippen molar-refractivity contribution in [3.63, 3.8) is 0 Å². The van der Waals surface area contributed by atoms with Crippen molar-refractivity contribution in [2.75, 3.05) is 25.0 Å². The molecule has 0 atom stereocenters. The normalized spacial score (nSPS) is 14.7. The first-order valence-electron chi connectivity index (χ1n) is 10.7. The van der Waals surface area contributed by atoms with Gasteiger partial charge in [-0.1, -0.05) is 18.1 Å². The Morgan fingerprint density at radius 1 is 1.32 bits per heavy atom. The standard InChI is InChI=1S/C23H27FN4O2S/c1-3-5-21-25-22(30-26-21)17-7-8-20(19(24)14-17)28-11-9-16(10-12-28)23(29)27(2)15-18-6-4-13-31-18/h4,6-8,13-14,16H,3,5,9-12,15H2,1-2H3. The lowest BCUT2D eigenvalue weighted by atomic mass is 9.95. The maximum absolute atomic E-state index is 14.9. The Labute approximate surface area is 185 Å². The summed E-state index contributed by atoms with van der Waals surface area (Å²) in [7, 11) is 1.86. The van der Waals surface area contributed by atoms with Gasteiger partial charge in [-0.3, -0.25) is 4.79 Å². The molecule has 3 heterocycles. The Kier molecular flexibility index (Phi) is 6.65. The number of piperidine rings is 1. The molecule has 1 fully saturated rings. The van der Waals surface area contributed by atoms with Crippen molar-refractivity contribution in [3.05, 3.63) is 52.2 Å². The Morgan fingerprint density at radius 2 is 2.13 bits per heavy atom. The van der Waals surface area contributed by atoms with E-state index in [1.54, 1.807) is 22.3 Å². The molecule has 6 nitrogen and oxygen atoms in total. The van der Waals surface area contributed by atoms with Crippen LogP contribution in [-0.2, 0) is 17.8 Å². The first-order chi connectivity index (χ1) is 15.0. The molecular formula is C23H27FN4O2S. The smallest absolute Gasteiger partial charge is 0.258 e. The van der Waals surface area contributed by atoms with E-state index in [0.29, 0.717) is 42.6 Å². The van der Waals surface area contributed by atoms with Crippen LogP contribution in [0.15, 0.2) is 40.2 Å². The third-order valence-electron chi connectivity index (χ3n) is 5.67. The molecule has 8 heteroatoms. The largest absolute Gasteiger partial charge is 0.369 e. The molecule has 1 aromatic carbocycles. The predicted octanol–water partition coefficient (Wildman–Crippen LogP) is 4.76. The summed E-state index contributed by atoms with van der Waals surface area (Å²) in [6.07, 6.45) is 3.10. The zero-order valence-corrected chi connectivity index (χ0v) is 18.7. The quantitative estimate of drug-likeness (QED) is 0.528. The van der Waals surface area contributed by atoms with Gasteiger partial charge in [0.15, 0.2) is 5.82 Å². The summed E-state index contributed by atoms with van der Waals surface area (Å²) in [5.74, 6) is 0.819. The summed E-state index contributed by atoms with van der Waals surface area (Å²) in [4.78, 5) is 22.1. The molecule has 0 saturated carbocycles. The molecule has 164 valence electrons. The van der Waals surface area contributed by atoms with E-state index in [1.165, 1.54) is 10.9 Å². The van der Waals surface area contributed by atoms with Gasteiger partial charge in [0.05, 0.1) is 12.2 Å². The lowest BCUT2D eigenvalue weighted by molar-refractivity contribution is -0.135. The minimum absolute atomic E-state index is 0.0149. The number of thiophene rings is 1. The van der Waals surface area contributed by atoms with Gasteiger partial charge in [-0.15, -0.1) is 11.3 Å². The second-order valence-electron chi connectivity index (χ2n) is 7.97. The van der Waals surface area contributed by atoms with Crippen LogP contribution in [0.4, 0.5) is 10.1 Å². The minimum atomic E-state index is -0.313. The monoisotopic (exact) mass is 442 g/mol. The Balaban J connectivity index is 1.36. The SMILES string of the molecule is CCCc1noc(-c2ccc(N3CCC(C(=O)N(C)Cc4cccs4)CC3)c(F)c2)n1. The fourth-order valence-corrected chi connectivity index (χ4v) is 4.74. The number of halogens is 1. The van der Waals surface area contributed by atoms with Gasteiger partial charge >= 0.3 is 0 Å². The fourth-order valence-electron chi connectivity index (χ4n) is 3.99. The number of amides is 1. The summed E-state index contributed by atoms with van der Waals surface area (Å²) in [6, 6.07) is 9.07. The van der Waals surface area contributed by atoms with Crippen LogP contribution in [0.5, 0.6) is 0 Å². The van der Waals surface area contributed by atoms with Gasteiger partial charge < -0.3 is 14.3 Å². The average Bonchev–Trinajstić information content (AvgIpc) is 3.46. The maximum Gasteiger partial charge on any atom is 0.258 e. The van der Waals surface area contributed by atoms with Gasteiger partial charge in [0.25, 0.3) is 5.89 Å². The number of nitrogens with zero attached hydrogens (tertiary/aromatic N) is 4. The lowest BCUT2D eigenvalue weighted by Crippen LogP contribution is -2.41. The Bertz CT molecular complexity index is 1010. The zero-order chi connectivity index (χ0) is 21.8. The highest BCUT2D eigenvalue weighted by molar-refractivity contribution is 7.09. The number of hydrogen-bond donors (Lipinski definition) is 0. The maximum atomic E-state index is 14.9. The first kappa shape index (κ1) is 21.5. The number of hydrogen-bond acceptors (Lipinski definition) is 6. The molecule has 4 rings (SSSR count). The molecule has 0 bridgehead atoms. The number of benzene rings is 1.